The summed E-state index contributed by atoms with van der Waals surface area (Å²) >= 11 is 5.37. The van der Waals surface area contributed by atoms with E-state index in [4.69, 9.17) is 44.8 Å². The van der Waals surface area contributed by atoms with Crippen LogP contribution in [0.5, 0.6) is 23.0 Å². The molecule has 71 heavy (non-hydrogen) atoms. The van der Waals surface area contributed by atoms with Crippen LogP contribution in [0.15, 0.2) is 115 Å². The predicted octanol–water partition coefficient (Wildman–Crippen LogP) is 6.87. The number of carbonyl (C=O) groups excluding carboxylic acids is 5. The third kappa shape index (κ3) is 14.6. The van der Waals surface area contributed by atoms with Gasteiger partial charge < -0.3 is 42.6 Å². The minimum atomic E-state index is -0.984. The van der Waals surface area contributed by atoms with Crippen molar-refractivity contribution in [2.45, 2.75) is 31.9 Å². The second-order valence-corrected chi connectivity index (χ2v) is 15.1. The number of nitrogens with zero attached hydrogens (tertiary/aromatic N) is 4. The summed E-state index contributed by atoms with van der Waals surface area (Å²) < 4.78 is 46.3. The molecule has 0 radical (unpaired) electrons. The topological polar surface area (TPSA) is 261 Å². The molecule has 2 atom stereocenters. The Morgan fingerprint density at radius 1 is 0.577 bits per heavy atom. The predicted molar refractivity (Wildman–Crippen MR) is 249 cm³/mol. The summed E-state index contributed by atoms with van der Waals surface area (Å²) in [5.41, 5.74) is 1.25. The number of methoxy groups -OCH3 is 4. The fourth-order valence-electron chi connectivity index (χ4n) is 6.63. The van der Waals surface area contributed by atoms with Crippen LogP contribution < -0.4 is 18.9 Å². The Balaban J connectivity index is 0.000000204. The Bertz CT molecular complexity index is 2660. The van der Waals surface area contributed by atoms with E-state index < -0.39 is 62.5 Å². The number of halogens is 1. The van der Waals surface area contributed by atoms with Crippen molar-refractivity contribution in [1.29, 1.82) is 0 Å². The van der Waals surface area contributed by atoms with E-state index in [-0.39, 0.29) is 80.6 Å². The van der Waals surface area contributed by atoms with Gasteiger partial charge >= 0.3 is 18.0 Å². The number of rotatable bonds is 16. The van der Waals surface area contributed by atoms with Crippen molar-refractivity contribution in [3.05, 3.63) is 163 Å². The lowest BCUT2D eigenvalue weighted by molar-refractivity contribution is -0.385. The molecule has 2 saturated heterocycles. The summed E-state index contributed by atoms with van der Waals surface area (Å²) in [4.78, 5) is 83.1. The molecule has 0 spiro atoms. The summed E-state index contributed by atoms with van der Waals surface area (Å²) in [5.74, 6) is -1.29. The monoisotopic (exact) mass is 1000 g/mol. The molecule has 2 aliphatic rings. The molecule has 23 heteroatoms. The van der Waals surface area contributed by atoms with Crippen molar-refractivity contribution >= 4 is 52.2 Å². The Hall–Kier alpha value is -8.34. The Kier molecular flexibility index (Phi) is 20.0. The number of amides is 2. The number of ether oxygens (including phenoxy) is 9. The SMILES string of the molecule is COC(=O)[C@@H]1COCN1C(=O)OCc1ccccc1.COC(=O)[C@@H]1COCN1C(=O)c1cc(OC)c(OCc2ccccc2)cc1[N+](=O)[O-].COc1cc(C(=O)Cl)c([N+](=O)[O-])cc1OCc1ccccc1. The van der Waals surface area contributed by atoms with Crippen LogP contribution in [0.1, 0.15) is 37.4 Å². The number of nitro benzene ring substituents is 2. The van der Waals surface area contributed by atoms with Gasteiger partial charge in [0.1, 0.15) is 44.4 Å². The molecule has 7 rings (SSSR count). The van der Waals surface area contributed by atoms with Crippen molar-refractivity contribution in [2.24, 2.45) is 0 Å². The molecule has 2 amide bonds. The molecule has 5 aromatic rings. The molecule has 0 aliphatic carbocycles. The fraction of sp³-hybridized carbons (Fsp3) is 0.271. The van der Waals surface area contributed by atoms with Gasteiger partial charge in [-0.25, -0.2) is 14.4 Å². The maximum atomic E-state index is 13.0. The first-order valence-electron chi connectivity index (χ1n) is 21.1. The largest absolute Gasteiger partial charge is 0.493 e. The second kappa shape index (κ2) is 26.4. The van der Waals surface area contributed by atoms with Crippen molar-refractivity contribution in [1.82, 2.24) is 9.80 Å². The second-order valence-electron chi connectivity index (χ2n) is 14.7. The van der Waals surface area contributed by atoms with Gasteiger partial charge in [0.15, 0.2) is 35.1 Å². The van der Waals surface area contributed by atoms with E-state index >= 15 is 0 Å². The zero-order chi connectivity index (χ0) is 51.5. The Labute approximate surface area is 410 Å². The molecule has 2 fully saturated rings. The first-order valence-corrected chi connectivity index (χ1v) is 21.4. The molecule has 0 N–H and O–H groups in total. The van der Waals surface area contributed by atoms with E-state index in [2.05, 4.69) is 9.47 Å². The first kappa shape index (κ1) is 53.6. The summed E-state index contributed by atoms with van der Waals surface area (Å²) in [7, 11) is 5.20. The van der Waals surface area contributed by atoms with Crippen molar-refractivity contribution < 1.29 is 76.5 Å². The molecule has 374 valence electrons. The molecular formula is C48H47ClN4O18. The van der Waals surface area contributed by atoms with E-state index in [0.717, 1.165) is 33.7 Å². The number of esters is 2. The Morgan fingerprint density at radius 3 is 1.38 bits per heavy atom. The van der Waals surface area contributed by atoms with Crippen molar-refractivity contribution in [2.75, 3.05) is 55.1 Å². The molecule has 2 aliphatic heterocycles. The first-order chi connectivity index (χ1) is 34.2. The minimum absolute atomic E-state index is 0.0351. The van der Waals surface area contributed by atoms with E-state index in [9.17, 15) is 44.2 Å². The zero-order valence-electron chi connectivity index (χ0n) is 38.6. The van der Waals surface area contributed by atoms with Crippen LogP contribution >= 0.6 is 11.6 Å². The molecule has 22 nitrogen and oxygen atoms in total. The quantitative estimate of drug-likeness (QED) is 0.0321. The number of carbonyl (C=O) groups is 5. The van der Waals surface area contributed by atoms with Gasteiger partial charge in [-0.3, -0.25) is 39.6 Å². The minimum Gasteiger partial charge on any atom is -0.493 e. The number of benzene rings is 5. The maximum absolute atomic E-state index is 13.0. The lowest BCUT2D eigenvalue weighted by atomic mass is 10.1. The normalized spacial score (nSPS) is 14.5. The van der Waals surface area contributed by atoms with Crippen LogP contribution in [0.25, 0.3) is 0 Å². The lowest BCUT2D eigenvalue weighted by Gasteiger charge is -2.21. The summed E-state index contributed by atoms with van der Waals surface area (Å²) in [5, 5.41) is 21.8. The molecule has 5 aromatic carbocycles. The molecule has 0 unspecified atom stereocenters. The smallest absolute Gasteiger partial charge is 0.412 e. The van der Waals surface area contributed by atoms with Gasteiger partial charge in [0.2, 0.25) is 0 Å². The third-order valence-corrected chi connectivity index (χ3v) is 10.5. The van der Waals surface area contributed by atoms with Gasteiger partial charge in [-0.15, -0.1) is 0 Å². The van der Waals surface area contributed by atoms with Crippen LogP contribution in [0.2, 0.25) is 0 Å². The van der Waals surface area contributed by atoms with E-state index in [1.807, 2.05) is 91.0 Å². The number of nitro groups is 2. The molecule has 0 saturated carbocycles. The Morgan fingerprint density at radius 2 is 0.972 bits per heavy atom. The maximum Gasteiger partial charge on any atom is 0.412 e. The van der Waals surface area contributed by atoms with Gasteiger partial charge in [0.05, 0.1) is 63.6 Å². The van der Waals surface area contributed by atoms with Gasteiger partial charge in [0, 0.05) is 12.1 Å². The van der Waals surface area contributed by atoms with Gasteiger partial charge in [-0.1, -0.05) is 91.0 Å². The average molecular weight is 1000 g/mol. The zero-order valence-corrected chi connectivity index (χ0v) is 39.3. The number of hydrogen-bond donors (Lipinski definition) is 0. The highest BCUT2D eigenvalue weighted by molar-refractivity contribution is 6.68. The summed E-state index contributed by atoms with van der Waals surface area (Å²) in [6.07, 6.45) is -0.586. The van der Waals surface area contributed by atoms with Crippen LogP contribution in [0, 0.1) is 20.2 Å². The van der Waals surface area contributed by atoms with Crippen LogP contribution in [-0.4, -0.2) is 116 Å². The van der Waals surface area contributed by atoms with E-state index in [0.29, 0.717) is 0 Å². The number of hydrogen-bond acceptors (Lipinski definition) is 18. The van der Waals surface area contributed by atoms with Crippen LogP contribution in [0.3, 0.4) is 0 Å². The van der Waals surface area contributed by atoms with Crippen molar-refractivity contribution in [3.63, 3.8) is 0 Å². The van der Waals surface area contributed by atoms with E-state index in [1.54, 1.807) is 0 Å². The molecule has 2 heterocycles. The lowest BCUT2D eigenvalue weighted by Crippen LogP contribution is -2.42. The fourth-order valence-corrected chi connectivity index (χ4v) is 6.78. The summed E-state index contributed by atoms with van der Waals surface area (Å²) in [6, 6.07) is 30.8. The summed E-state index contributed by atoms with van der Waals surface area (Å²) in [6.45, 7) is 0.449. The highest BCUT2D eigenvalue weighted by atomic mass is 35.5. The van der Waals surface area contributed by atoms with Gasteiger partial charge in [-0.2, -0.15) is 0 Å². The standard InChI is InChI=1S/C20H20N2O8.C15H12ClNO5.C13H15NO5/c1-27-17-8-14(19(23)21-12-29-11-16(21)20(24)28-2)15(22(25)26)9-18(17)30-10-13-6-4-3-5-7-13;1-21-13-7-11(15(16)18)12(17(19)20)8-14(13)22-9-10-5-3-2-4-6-10;1-17-12(15)11-8-18-9-14(11)13(16)19-7-10-5-3-2-4-6-10/h3-9,16H,10-12H2,1-2H3;2-8H,9H2,1H3;2-6,11H,7-9H2,1H3/t16-;;11-/m0.0/s1. The highest BCUT2D eigenvalue weighted by Gasteiger charge is 2.40. The van der Waals surface area contributed by atoms with Gasteiger partial charge in [0.25, 0.3) is 22.5 Å². The van der Waals surface area contributed by atoms with Crippen LogP contribution in [0.4, 0.5) is 16.2 Å². The molecule has 0 aromatic heterocycles. The average Bonchev–Trinajstić information content (AvgIpc) is 4.11. The highest BCUT2D eigenvalue weighted by Crippen LogP contribution is 2.38. The van der Waals surface area contributed by atoms with E-state index in [1.165, 1.54) is 45.5 Å². The van der Waals surface area contributed by atoms with Gasteiger partial charge in [-0.05, 0) is 28.3 Å². The molecular weight excluding hydrogens is 956 g/mol. The molecule has 0 bridgehead atoms. The van der Waals surface area contributed by atoms with Crippen molar-refractivity contribution in [3.8, 4) is 23.0 Å². The van der Waals surface area contributed by atoms with Crippen LogP contribution in [-0.2, 0) is 53.1 Å². The third-order valence-electron chi connectivity index (χ3n) is 10.3.